The molecule has 0 aromatic heterocycles. The zero-order valence-electron chi connectivity index (χ0n) is 6.50. The van der Waals surface area contributed by atoms with Crippen LogP contribution >= 0.6 is 0 Å². The Balaban J connectivity index is 2.83. The van der Waals surface area contributed by atoms with Crippen molar-refractivity contribution < 1.29 is 14.2 Å². The Labute approximate surface area is 61.6 Å². The van der Waals surface area contributed by atoms with Gasteiger partial charge in [0.2, 0.25) is 0 Å². The first kappa shape index (κ1) is 9.46. The third-order valence-corrected chi connectivity index (χ3v) is 0.862. The van der Waals surface area contributed by atoms with Crippen molar-refractivity contribution in [3.8, 4) is 0 Å². The van der Waals surface area contributed by atoms with E-state index in [2.05, 4.69) is 9.47 Å². The smallest absolute Gasteiger partial charge is 0.146 e. The second-order valence-corrected chi connectivity index (χ2v) is 1.71. The summed E-state index contributed by atoms with van der Waals surface area (Å²) >= 11 is 0. The molecule has 0 unspecified atom stereocenters. The quantitative estimate of drug-likeness (QED) is 0.319. The van der Waals surface area contributed by atoms with Crippen molar-refractivity contribution in [1.82, 2.24) is 0 Å². The van der Waals surface area contributed by atoms with E-state index in [0.717, 1.165) is 6.42 Å². The van der Waals surface area contributed by atoms with Crippen LogP contribution in [0.5, 0.6) is 0 Å². The normalized spacial score (nSPS) is 10.6. The van der Waals surface area contributed by atoms with Crippen molar-refractivity contribution in [2.45, 2.75) is 6.42 Å². The molecule has 0 rings (SSSR count). The molecule has 10 heavy (non-hydrogen) atoms. The second kappa shape index (κ2) is 8.46. The minimum atomic E-state index is 0.362. The average molecular weight is 146 g/mol. The van der Waals surface area contributed by atoms with Gasteiger partial charge in [0.15, 0.2) is 0 Å². The molecule has 0 aliphatic heterocycles. The Morgan fingerprint density at radius 1 is 1.30 bits per heavy atom. The fourth-order valence-corrected chi connectivity index (χ4v) is 0.458. The number of rotatable bonds is 6. The van der Waals surface area contributed by atoms with Crippen LogP contribution in [0.3, 0.4) is 0 Å². The lowest BCUT2D eigenvalue weighted by atomic mass is 10.4. The van der Waals surface area contributed by atoms with Crippen LogP contribution in [-0.4, -0.2) is 27.6 Å². The monoisotopic (exact) mass is 146 g/mol. The molecule has 0 aromatic rings. The molecular weight excluding hydrogens is 132 g/mol. The van der Waals surface area contributed by atoms with Gasteiger partial charge in [-0.3, -0.25) is 0 Å². The third kappa shape index (κ3) is 7.46. The zero-order valence-corrected chi connectivity index (χ0v) is 6.50. The zero-order chi connectivity index (χ0) is 7.66. The first-order chi connectivity index (χ1) is 4.91. The third-order valence-electron chi connectivity index (χ3n) is 0.862. The van der Waals surface area contributed by atoms with Crippen molar-refractivity contribution in [2.24, 2.45) is 0 Å². The Hall–Kier alpha value is -0.540. The van der Waals surface area contributed by atoms with Crippen LogP contribution in [0.1, 0.15) is 6.42 Å². The minimum Gasteiger partial charge on any atom is -0.505 e. The van der Waals surface area contributed by atoms with E-state index in [0.29, 0.717) is 13.4 Å². The molecule has 0 fully saturated rings. The number of ether oxygens (including phenoxy) is 3. The topological polar surface area (TPSA) is 27.7 Å². The van der Waals surface area contributed by atoms with Crippen LogP contribution < -0.4 is 0 Å². The van der Waals surface area contributed by atoms with Crippen molar-refractivity contribution in [3.63, 3.8) is 0 Å². The molecular formula is C7H14O3. The average Bonchev–Trinajstić information content (AvgIpc) is 1.97. The van der Waals surface area contributed by atoms with E-state index in [1.807, 2.05) is 6.08 Å². The molecule has 0 aliphatic rings. The fourth-order valence-electron chi connectivity index (χ4n) is 0.458. The van der Waals surface area contributed by atoms with Gasteiger partial charge in [-0.1, -0.05) is 0 Å². The van der Waals surface area contributed by atoms with Crippen molar-refractivity contribution in [2.75, 3.05) is 27.6 Å². The van der Waals surface area contributed by atoms with Crippen LogP contribution in [0.2, 0.25) is 0 Å². The Bertz CT molecular complexity index is 80.9. The van der Waals surface area contributed by atoms with Gasteiger partial charge < -0.3 is 14.2 Å². The molecule has 0 bridgehead atoms. The fraction of sp³-hybridized carbons (Fsp3) is 0.714. The van der Waals surface area contributed by atoms with E-state index in [1.165, 1.54) is 0 Å². The summed E-state index contributed by atoms with van der Waals surface area (Å²) in [5.74, 6) is 0. The lowest BCUT2D eigenvalue weighted by Crippen LogP contribution is -1.96. The summed E-state index contributed by atoms with van der Waals surface area (Å²) in [4.78, 5) is 0. The SMILES string of the molecule is CO/C=C/CCOCOC. The predicted octanol–water partition coefficient (Wildman–Crippen LogP) is 1.16. The van der Waals surface area contributed by atoms with Gasteiger partial charge in [-0.2, -0.15) is 0 Å². The highest BCUT2D eigenvalue weighted by Gasteiger charge is 1.81. The van der Waals surface area contributed by atoms with Gasteiger partial charge >= 0.3 is 0 Å². The summed E-state index contributed by atoms with van der Waals surface area (Å²) in [7, 11) is 3.22. The van der Waals surface area contributed by atoms with Gasteiger partial charge in [0.05, 0.1) is 20.0 Å². The molecule has 0 spiro atoms. The van der Waals surface area contributed by atoms with Crippen LogP contribution in [0.25, 0.3) is 0 Å². The largest absolute Gasteiger partial charge is 0.505 e. The maximum Gasteiger partial charge on any atom is 0.146 e. The van der Waals surface area contributed by atoms with Crippen LogP contribution in [-0.2, 0) is 14.2 Å². The second-order valence-electron chi connectivity index (χ2n) is 1.71. The number of hydrogen-bond acceptors (Lipinski definition) is 3. The molecule has 0 saturated heterocycles. The summed E-state index contributed by atoms with van der Waals surface area (Å²) in [6, 6.07) is 0. The van der Waals surface area contributed by atoms with E-state index in [4.69, 9.17) is 4.74 Å². The van der Waals surface area contributed by atoms with Crippen LogP contribution in [0.15, 0.2) is 12.3 Å². The van der Waals surface area contributed by atoms with Gasteiger partial charge in [-0.05, 0) is 12.5 Å². The standard InChI is InChI=1S/C7H14O3/c1-8-5-3-4-6-10-7-9-2/h3,5H,4,6-7H2,1-2H3/b5-3+. The van der Waals surface area contributed by atoms with E-state index >= 15 is 0 Å². The van der Waals surface area contributed by atoms with E-state index in [1.54, 1.807) is 20.5 Å². The lowest BCUT2D eigenvalue weighted by molar-refractivity contribution is -0.0286. The van der Waals surface area contributed by atoms with Gasteiger partial charge in [0.1, 0.15) is 6.79 Å². The van der Waals surface area contributed by atoms with E-state index in [-0.39, 0.29) is 0 Å². The first-order valence-electron chi connectivity index (χ1n) is 3.16. The van der Waals surface area contributed by atoms with Crippen LogP contribution in [0, 0.1) is 0 Å². The molecule has 0 amide bonds. The summed E-state index contributed by atoms with van der Waals surface area (Å²) in [6.07, 6.45) is 4.39. The Morgan fingerprint density at radius 2 is 2.10 bits per heavy atom. The summed E-state index contributed by atoms with van der Waals surface area (Å²) < 4.78 is 14.4. The first-order valence-corrected chi connectivity index (χ1v) is 3.16. The van der Waals surface area contributed by atoms with Crippen LogP contribution in [0.4, 0.5) is 0 Å². The van der Waals surface area contributed by atoms with Gasteiger partial charge in [0, 0.05) is 7.11 Å². The highest BCUT2D eigenvalue weighted by Crippen LogP contribution is 1.85. The summed E-state index contributed by atoms with van der Waals surface area (Å²) in [5, 5.41) is 0. The molecule has 0 aromatic carbocycles. The highest BCUT2D eigenvalue weighted by molar-refractivity contribution is 4.71. The van der Waals surface area contributed by atoms with Crippen molar-refractivity contribution in [3.05, 3.63) is 12.3 Å². The van der Waals surface area contributed by atoms with Gasteiger partial charge in [0.25, 0.3) is 0 Å². The molecule has 0 atom stereocenters. The molecule has 0 N–H and O–H groups in total. The Morgan fingerprint density at radius 3 is 2.70 bits per heavy atom. The summed E-state index contributed by atoms with van der Waals surface area (Å²) in [5.41, 5.74) is 0. The minimum absolute atomic E-state index is 0.362. The predicted molar refractivity (Wildman–Crippen MR) is 38.6 cm³/mol. The lowest BCUT2D eigenvalue weighted by Gasteiger charge is -1.97. The maximum atomic E-state index is 5.00. The highest BCUT2D eigenvalue weighted by atomic mass is 16.7. The molecule has 3 nitrogen and oxygen atoms in total. The molecule has 0 radical (unpaired) electrons. The Kier molecular flexibility index (Phi) is 8.00. The molecule has 60 valence electrons. The number of methoxy groups -OCH3 is 2. The molecule has 0 aliphatic carbocycles. The molecule has 3 heteroatoms. The molecule has 0 saturated carbocycles. The van der Waals surface area contributed by atoms with E-state index in [9.17, 15) is 0 Å². The van der Waals surface area contributed by atoms with E-state index < -0.39 is 0 Å². The van der Waals surface area contributed by atoms with Gasteiger partial charge in [-0.25, -0.2) is 0 Å². The van der Waals surface area contributed by atoms with Gasteiger partial charge in [-0.15, -0.1) is 0 Å². The number of hydrogen-bond donors (Lipinski definition) is 0. The van der Waals surface area contributed by atoms with Crippen molar-refractivity contribution >= 4 is 0 Å². The maximum absolute atomic E-state index is 5.00. The summed E-state index contributed by atoms with van der Waals surface area (Å²) in [6.45, 7) is 1.04. The van der Waals surface area contributed by atoms with Crippen molar-refractivity contribution in [1.29, 1.82) is 0 Å². The molecule has 0 heterocycles.